The summed E-state index contributed by atoms with van der Waals surface area (Å²) in [5.41, 5.74) is -0.157. The van der Waals surface area contributed by atoms with Gasteiger partial charge in [0, 0.05) is 13.6 Å². The second kappa shape index (κ2) is 6.46. The Hall–Kier alpha value is -2.57. The van der Waals surface area contributed by atoms with Crippen molar-refractivity contribution in [1.29, 1.82) is 0 Å². The molecule has 0 atom stereocenters. The molecule has 2 rings (SSSR count). The first-order valence-corrected chi connectivity index (χ1v) is 6.92. The van der Waals surface area contributed by atoms with Gasteiger partial charge in [-0.1, -0.05) is 12.1 Å². The fourth-order valence-electron chi connectivity index (χ4n) is 2.16. The molecule has 1 aromatic rings. The Bertz CT molecular complexity index is 595. The van der Waals surface area contributed by atoms with Crippen molar-refractivity contribution < 1.29 is 24.2 Å². The van der Waals surface area contributed by atoms with Gasteiger partial charge in [0.2, 0.25) is 11.8 Å². The lowest BCUT2D eigenvalue weighted by molar-refractivity contribution is -0.139. The number of carboxylic acids is 1. The quantitative estimate of drug-likeness (QED) is 0.628. The molecule has 118 valence electrons. The molecule has 1 fully saturated rings. The van der Waals surface area contributed by atoms with Crippen LogP contribution in [0.4, 0.5) is 0 Å². The van der Waals surface area contributed by atoms with Crippen LogP contribution >= 0.6 is 0 Å². The van der Waals surface area contributed by atoms with Crippen molar-refractivity contribution in [2.24, 2.45) is 5.41 Å². The molecule has 0 bridgehead atoms. The summed E-state index contributed by atoms with van der Waals surface area (Å²) in [4.78, 5) is 34.3. The summed E-state index contributed by atoms with van der Waals surface area (Å²) in [7, 11) is 1.51. The highest BCUT2D eigenvalue weighted by molar-refractivity contribution is 6.07. The van der Waals surface area contributed by atoms with Crippen molar-refractivity contribution in [3.8, 4) is 5.75 Å². The summed E-state index contributed by atoms with van der Waals surface area (Å²) in [6.07, 6.45) is 1.11. The molecule has 0 aliphatic heterocycles. The Morgan fingerprint density at radius 2 is 2.00 bits per heavy atom. The maximum absolute atomic E-state index is 12.1. The zero-order valence-corrected chi connectivity index (χ0v) is 12.2. The summed E-state index contributed by atoms with van der Waals surface area (Å²) in [6.45, 7) is -0.169. The van der Waals surface area contributed by atoms with E-state index in [9.17, 15) is 14.4 Å². The molecular weight excluding hydrogens is 288 g/mol. The van der Waals surface area contributed by atoms with E-state index in [1.807, 2.05) is 0 Å². The van der Waals surface area contributed by atoms with Crippen LogP contribution in [0.25, 0.3) is 0 Å². The number of hydrogen-bond acceptors (Lipinski definition) is 4. The third-order valence-electron chi connectivity index (χ3n) is 3.56. The van der Waals surface area contributed by atoms with E-state index >= 15 is 0 Å². The van der Waals surface area contributed by atoms with E-state index in [0.717, 1.165) is 5.56 Å². The van der Waals surface area contributed by atoms with Gasteiger partial charge in [0.05, 0.1) is 0 Å². The number of nitrogens with one attached hydrogen (secondary N) is 2. The predicted molar refractivity (Wildman–Crippen MR) is 77.2 cm³/mol. The number of carboxylic acid groups (broad SMARTS) is 1. The molecule has 22 heavy (non-hydrogen) atoms. The van der Waals surface area contributed by atoms with Crippen molar-refractivity contribution >= 4 is 17.8 Å². The van der Waals surface area contributed by atoms with E-state index in [2.05, 4.69) is 10.6 Å². The van der Waals surface area contributed by atoms with Gasteiger partial charge in [-0.05, 0) is 30.5 Å². The predicted octanol–water partition coefficient (Wildman–Crippen LogP) is 0.292. The first-order chi connectivity index (χ1) is 10.5. The van der Waals surface area contributed by atoms with Crippen LogP contribution in [0.15, 0.2) is 24.3 Å². The van der Waals surface area contributed by atoms with Crippen molar-refractivity contribution in [3.05, 3.63) is 29.8 Å². The number of hydrogen-bond donors (Lipinski definition) is 3. The van der Waals surface area contributed by atoms with Crippen LogP contribution in [0.3, 0.4) is 0 Å². The van der Waals surface area contributed by atoms with E-state index in [1.54, 1.807) is 24.3 Å². The fraction of sp³-hybridized carbons (Fsp3) is 0.400. The number of benzene rings is 1. The molecule has 0 heterocycles. The number of amides is 2. The van der Waals surface area contributed by atoms with Gasteiger partial charge >= 0.3 is 5.97 Å². The summed E-state index contributed by atoms with van der Waals surface area (Å²) in [6, 6.07) is 6.79. The van der Waals surface area contributed by atoms with Gasteiger partial charge in [0.15, 0.2) is 6.61 Å². The largest absolute Gasteiger partial charge is 0.482 e. The SMILES string of the molecule is CNC(=O)C1(C(=O)NCc2cccc(OCC(=O)O)c2)CC1. The van der Waals surface area contributed by atoms with Crippen LogP contribution in [0, 0.1) is 5.41 Å². The second-order valence-corrected chi connectivity index (χ2v) is 5.17. The first-order valence-electron chi connectivity index (χ1n) is 6.92. The van der Waals surface area contributed by atoms with Gasteiger partial charge in [-0.15, -0.1) is 0 Å². The zero-order valence-electron chi connectivity index (χ0n) is 12.2. The summed E-state index contributed by atoms with van der Waals surface area (Å²) < 4.78 is 5.07. The van der Waals surface area contributed by atoms with E-state index in [-0.39, 0.29) is 18.4 Å². The third kappa shape index (κ3) is 3.55. The standard InChI is InChI=1S/C15H18N2O5/c1-16-13(20)15(5-6-15)14(21)17-8-10-3-2-4-11(7-10)22-9-12(18)19/h2-4,7H,5-6,8-9H2,1H3,(H,16,20)(H,17,21)(H,18,19). The van der Waals surface area contributed by atoms with Crippen molar-refractivity contribution in [2.45, 2.75) is 19.4 Å². The molecule has 0 spiro atoms. The summed E-state index contributed by atoms with van der Waals surface area (Å²) >= 11 is 0. The molecule has 7 heteroatoms. The average molecular weight is 306 g/mol. The lowest BCUT2D eigenvalue weighted by Crippen LogP contribution is -2.41. The summed E-state index contributed by atoms with van der Waals surface area (Å²) in [5, 5.41) is 13.8. The highest BCUT2D eigenvalue weighted by atomic mass is 16.5. The molecule has 0 unspecified atom stereocenters. The molecule has 1 aromatic carbocycles. The minimum absolute atomic E-state index is 0.252. The van der Waals surface area contributed by atoms with Crippen LogP contribution in [0.2, 0.25) is 0 Å². The first kappa shape index (κ1) is 15.8. The van der Waals surface area contributed by atoms with Crippen molar-refractivity contribution in [1.82, 2.24) is 10.6 Å². The molecule has 7 nitrogen and oxygen atoms in total. The maximum atomic E-state index is 12.1. The number of carbonyl (C=O) groups is 3. The van der Waals surface area contributed by atoms with Crippen LogP contribution in [0.5, 0.6) is 5.75 Å². The normalized spacial score (nSPS) is 14.8. The van der Waals surface area contributed by atoms with Gasteiger partial charge < -0.3 is 20.5 Å². The number of ether oxygens (including phenoxy) is 1. The van der Waals surface area contributed by atoms with Crippen molar-refractivity contribution in [3.63, 3.8) is 0 Å². The van der Waals surface area contributed by atoms with E-state index in [1.165, 1.54) is 7.05 Å². The molecular formula is C15H18N2O5. The highest BCUT2D eigenvalue weighted by Gasteiger charge is 2.55. The molecule has 3 N–H and O–H groups in total. The Balaban J connectivity index is 1.92. The molecule has 0 radical (unpaired) electrons. The van der Waals surface area contributed by atoms with Crippen LogP contribution in [-0.2, 0) is 20.9 Å². The van der Waals surface area contributed by atoms with Gasteiger partial charge in [-0.3, -0.25) is 9.59 Å². The zero-order chi connectivity index (χ0) is 16.2. The second-order valence-electron chi connectivity index (χ2n) is 5.17. The highest BCUT2D eigenvalue weighted by Crippen LogP contribution is 2.46. The van der Waals surface area contributed by atoms with Crippen molar-refractivity contribution in [2.75, 3.05) is 13.7 Å². The van der Waals surface area contributed by atoms with Crippen LogP contribution < -0.4 is 15.4 Å². The minimum atomic E-state index is -1.06. The van der Waals surface area contributed by atoms with Gasteiger partial charge in [0.25, 0.3) is 0 Å². The lowest BCUT2D eigenvalue weighted by Gasteiger charge is -2.14. The molecule has 2 amide bonds. The molecule has 1 aliphatic carbocycles. The molecule has 1 saturated carbocycles. The number of carbonyl (C=O) groups excluding carboxylic acids is 2. The van der Waals surface area contributed by atoms with E-state index < -0.39 is 18.0 Å². The van der Waals surface area contributed by atoms with E-state index in [4.69, 9.17) is 9.84 Å². The maximum Gasteiger partial charge on any atom is 0.341 e. The number of aliphatic carboxylic acids is 1. The Morgan fingerprint density at radius 1 is 1.27 bits per heavy atom. The van der Waals surface area contributed by atoms with Gasteiger partial charge in [-0.2, -0.15) is 0 Å². The topological polar surface area (TPSA) is 105 Å². The van der Waals surface area contributed by atoms with Gasteiger partial charge in [0.1, 0.15) is 11.2 Å². The van der Waals surface area contributed by atoms with Crippen LogP contribution in [0.1, 0.15) is 18.4 Å². The van der Waals surface area contributed by atoms with Crippen LogP contribution in [-0.4, -0.2) is 36.5 Å². The lowest BCUT2D eigenvalue weighted by atomic mass is 10.1. The fourth-order valence-corrected chi connectivity index (χ4v) is 2.16. The smallest absolute Gasteiger partial charge is 0.341 e. The van der Waals surface area contributed by atoms with Gasteiger partial charge in [-0.25, -0.2) is 4.79 Å². The molecule has 0 saturated heterocycles. The third-order valence-corrected chi connectivity index (χ3v) is 3.56. The Morgan fingerprint density at radius 3 is 2.59 bits per heavy atom. The number of rotatable bonds is 7. The summed E-state index contributed by atoms with van der Waals surface area (Å²) in [5.74, 6) is -1.19. The molecule has 1 aliphatic rings. The monoisotopic (exact) mass is 306 g/mol. The Labute approximate surface area is 127 Å². The van der Waals surface area contributed by atoms with E-state index in [0.29, 0.717) is 18.6 Å². The molecule has 0 aromatic heterocycles. The Kier molecular flexibility index (Phi) is 4.65. The minimum Gasteiger partial charge on any atom is -0.482 e. The average Bonchev–Trinajstić information content (AvgIpc) is 3.32.